The van der Waals surface area contributed by atoms with Crippen LogP contribution >= 0.6 is 0 Å². The molecule has 2 rings (SSSR count). The van der Waals surface area contributed by atoms with Gasteiger partial charge in [0.25, 0.3) is 11.8 Å². The summed E-state index contributed by atoms with van der Waals surface area (Å²) in [7, 11) is 0. The SMILES string of the molecule is Cc1ccccc1C(=O)NCCNC(=O)c1cccc(O)c1. The third-order valence-corrected chi connectivity index (χ3v) is 3.19. The number of carbonyl (C=O) groups is 2. The number of hydrogen-bond acceptors (Lipinski definition) is 3. The minimum Gasteiger partial charge on any atom is -0.508 e. The van der Waals surface area contributed by atoms with Gasteiger partial charge in [-0.05, 0) is 36.8 Å². The summed E-state index contributed by atoms with van der Waals surface area (Å²) in [6.07, 6.45) is 0. The molecule has 0 bridgehead atoms. The molecule has 0 aliphatic carbocycles. The molecule has 2 aromatic carbocycles. The average Bonchev–Trinajstić information content (AvgIpc) is 2.51. The van der Waals surface area contributed by atoms with Gasteiger partial charge in [0.1, 0.15) is 5.75 Å². The van der Waals surface area contributed by atoms with Crippen molar-refractivity contribution in [3.05, 3.63) is 65.2 Å². The highest BCUT2D eigenvalue weighted by Gasteiger charge is 2.08. The number of benzene rings is 2. The molecular formula is C17H18N2O3. The molecule has 2 aromatic rings. The number of hydrogen-bond donors (Lipinski definition) is 3. The van der Waals surface area contributed by atoms with Crippen LogP contribution in [-0.4, -0.2) is 30.0 Å². The van der Waals surface area contributed by atoms with Crippen LogP contribution in [0.1, 0.15) is 26.3 Å². The van der Waals surface area contributed by atoms with Crippen LogP contribution < -0.4 is 10.6 Å². The summed E-state index contributed by atoms with van der Waals surface area (Å²) in [5.41, 5.74) is 1.91. The smallest absolute Gasteiger partial charge is 0.251 e. The molecule has 22 heavy (non-hydrogen) atoms. The fourth-order valence-electron chi connectivity index (χ4n) is 2.02. The molecule has 0 aromatic heterocycles. The number of aromatic hydroxyl groups is 1. The van der Waals surface area contributed by atoms with E-state index in [1.807, 2.05) is 25.1 Å². The highest BCUT2D eigenvalue weighted by Crippen LogP contribution is 2.10. The van der Waals surface area contributed by atoms with Gasteiger partial charge < -0.3 is 15.7 Å². The topological polar surface area (TPSA) is 78.4 Å². The van der Waals surface area contributed by atoms with Crippen molar-refractivity contribution in [3.63, 3.8) is 0 Å². The second-order valence-electron chi connectivity index (χ2n) is 4.88. The van der Waals surface area contributed by atoms with Crippen LogP contribution in [0.25, 0.3) is 0 Å². The quantitative estimate of drug-likeness (QED) is 0.737. The van der Waals surface area contributed by atoms with E-state index in [4.69, 9.17) is 0 Å². The van der Waals surface area contributed by atoms with E-state index in [1.54, 1.807) is 18.2 Å². The first kappa shape index (κ1) is 15.6. The van der Waals surface area contributed by atoms with Gasteiger partial charge in [0.2, 0.25) is 0 Å². The molecule has 0 fully saturated rings. The summed E-state index contributed by atoms with van der Waals surface area (Å²) in [6, 6.07) is 13.4. The van der Waals surface area contributed by atoms with Crippen LogP contribution in [0.5, 0.6) is 5.75 Å². The fraction of sp³-hybridized carbons (Fsp3) is 0.176. The van der Waals surface area contributed by atoms with Gasteiger partial charge in [0.15, 0.2) is 0 Å². The molecule has 0 saturated heterocycles. The van der Waals surface area contributed by atoms with Gasteiger partial charge >= 0.3 is 0 Å². The van der Waals surface area contributed by atoms with Gasteiger partial charge in [0.05, 0.1) is 0 Å². The second kappa shape index (κ2) is 7.26. The molecule has 3 N–H and O–H groups in total. The largest absolute Gasteiger partial charge is 0.508 e. The number of rotatable bonds is 5. The summed E-state index contributed by atoms with van der Waals surface area (Å²) < 4.78 is 0. The van der Waals surface area contributed by atoms with Crippen molar-refractivity contribution in [2.75, 3.05) is 13.1 Å². The minimum atomic E-state index is -0.291. The molecule has 0 radical (unpaired) electrons. The van der Waals surface area contributed by atoms with Crippen LogP contribution in [0.3, 0.4) is 0 Å². The van der Waals surface area contributed by atoms with Crippen molar-refractivity contribution in [2.45, 2.75) is 6.92 Å². The number of nitrogens with one attached hydrogen (secondary N) is 2. The van der Waals surface area contributed by atoms with Gasteiger partial charge in [-0.15, -0.1) is 0 Å². The predicted octanol–water partition coefficient (Wildman–Crippen LogP) is 1.86. The molecule has 0 aliphatic rings. The van der Waals surface area contributed by atoms with Crippen LogP contribution in [0.4, 0.5) is 0 Å². The van der Waals surface area contributed by atoms with Gasteiger partial charge in [-0.3, -0.25) is 9.59 Å². The lowest BCUT2D eigenvalue weighted by molar-refractivity contribution is 0.0927. The summed E-state index contributed by atoms with van der Waals surface area (Å²) in [5, 5.41) is 14.8. The van der Waals surface area contributed by atoms with E-state index < -0.39 is 0 Å². The lowest BCUT2D eigenvalue weighted by atomic mass is 10.1. The number of amides is 2. The number of aryl methyl sites for hydroxylation is 1. The van der Waals surface area contributed by atoms with Crippen molar-refractivity contribution < 1.29 is 14.7 Å². The Morgan fingerprint density at radius 1 is 0.955 bits per heavy atom. The zero-order valence-electron chi connectivity index (χ0n) is 12.3. The molecule has 114 valence electrons. The molecule has 0 heterocycles. The molecular weight excluding hydrogens is 280 g/mol. The molecule has 2 amide bonds. The second-order valence-corrected chi connectivity index (χ2v) is 4.88. The van der Waals surface area contributed by atoms with E-state index in [-0.39, 0.29) is 17.6 Å². The third kappa shape index (κ3) is 4.09. The highest BCUT2D eigenvalue weighted by molar-refractivity contribution is 5.96. The summed E-state index contributed by atoms with van der Waals surface area (Å²) in [4.78, 5) is 23.8. The average molecular weight is 298 g/mol. The Morgan fingerprint density at radius 2 is 1.64 bits per heavy atom. The lowest BCUT2D eigenvalue weighted by Gasteiger charge is -2.09. The molecule has 5 heteroatoms. The molecule has 5 nitrogen and oxygen atoms in total. The molecule has 0 spiro atoms. The van der Waals surface area contributed by atoms with Crippen molar-refractivity contribution in [2.24, 2.45) is 0 Å². The lowest BCUT2D eigenvalue weighted by Crippen LogP contribution is -2.34. The number of phenols is 1. The fourth-order valence-corrected chi connectivity index (χ4v) is 2.02. The summed E-state index contributed by atoms with van der Waals surface area (Å²) in [5.74, 6) is -0.411. The molecule has 0 aliphatic heterocycles. The van der Waals surface area contributed by atoms with E-state index >= 15 is 0 Å². The summed E-state index contributed by atoms with van der Waals surface area (Å²) in [6.45, 7) is 2.52. The first-order valence-corrected chi connectivity index (χ1v) is 6.99. The van der Waals surface area contributed by atoms with E-state index in [1.165, 1.54) is 12.1 Å². The number of carbonyl (C=O) groups excluding carboxylic acids is 2. The van der Waals surface area contributed by atoms with E-state index in [0.717, 1.165) is 5.56 Å². The van der Waals surface area contributed by atoms with Gasteiger partial charge in [-0.1, -0.05) is 24.3 Å². The van der Waals surface area contributed by atoms with E-state index in [9.17, 15) is 14.7 Å². The Labute approximate surface area is 129 Å². The molecule has 0 atom stereocenters. The minimum absolute atomic E-state index is 0.0421. The highest BCUT2D eigenvalue weighted by atomic mass is 16.3. The molecule has 0 saturated carbocycles. The van der Waals surface area contributed by atoms with Gasteiger partial charge in [-0.25, -0.2) is 0 Å². The van der Waals surface area contributed by atoms with E-state index in [0.29, 0.717) is 24.2 Å². The third-order valence-electron chi connectivity index (χ3n) is 3.19. The van der Waals surface area contributed by atoms with Crippen LogP contribution in [0.2, 0.25) is 0 Å². The van der Waals surface area contributed by atoms with Crippen molar-refractivity contribution in [3.8, 4) is 5.75 Å². The van der Waals surface area contributed by atoms with Crippen molar-refractivity contribution >= 4 is 11.8 Å². The Hall–Kier alpha value is -2.82. The maximum Gasteiger partial charge on any atom is 0.251 e. The Morgan fingerprint density at radius 3 is 2.32 bits per heavy atom. The Bertz CT molecular complexity index is 683. The summed E-state index contributed by atoms with van der Waals surface area (Å²) >= 11 is 0. The van der Waals surface area contributed by atoms with Gasteiger partial charge in [0, 0.05) is 24.2 Å². The van der Waals surface area contributed by atoms with Gasteiger partial charge in [-0.2, -0.15) is 0 Å². The Balaban J connectivity index is 1.79. The van der Waals surface area contributed by atoms with Crippen LogP contribution in [0.15, 0.2) is 48.5 Å². The normalized spacial score (nSPS) is 10.0. The predicted molar refractivity (Wildman–Crippen MR) is 84.0 cm³/mol. The standard InChI is InChI=1S/C17H18N2O3/c1-12-5-2-3-8-15(12)17(22)19-10-9-18-16(21)13-6-4-7-14(20)11-13/h2-8,11,20H,9-10H2,1H3,(H,18,21)(H,19,22). The first-order chi connectivity index (χ1) is 10.6. The number of phenolic OH excluding ortho intramolecular Hbond substituents is 1. The maximum atomic E-state index is 12.0. The zero-order chi connectivity index (χ0) is 15.9. The van der Waals surface area contributed by atoms with E-state index in [2.05, 4.69) is 10.6 Å². The van der Waals surface area contributed by atoms with Crippen LogP contribution in [0, 0.1) is 6.92 Å². The Kier molecular flexibility index (Phi) is 5.14. The molecule has 0 unspecified atom stereocenters. The monoisotopic (exact) mass is 298 g/mol. The van der Waals surface area contributed by atoms with Crippen LogP contribution in [-0.2, 0) is 0 Å². The maximum absolute atomic E-state index is 12.0. The van der Waals surface area contributed by atoms with Crippen molar-refractivity contribution in [1.82, 2.24) is 10.6 Å². The first-order valence-electron chi connectivity index (χ1n) is 6.99. The zero-order valence-corrected chi connectivity index (χ0v) is 12.3. The van der Waals surface area contributed by atoms with Crippen molar-refractivity contribution in [1.29, 1.82) is 0 Å².